The Labute approximate surface area is 206 Å². The van der Waals surface area contributed by atoms with Crippen molar-refractivity contribution in [2.75, 3.05) is 11.4 Å². The van der Waals surface area contributed by atoms with E-state index in [1.54, 1.807) is 0 Å². The highest BCUT2D eigenvalue weighted by Gasteiger charge is 2.40. The summed E-state index contributed by atoms with van der Waals surface area (Å²) in [5.74, 6) is 0.681. The first kappa shape index (κ1) is 26.0. The van der Waals surface area contributed by atoms with E-state index < -0.39 is 11.1 Å². The molecule has 0 spiro atoms. The molecule has 3 rings (SSSR count). The number of rotatable bonds is 10. The van der Waals surface area contributed by atoms with Crippen LogP contribution in [-0.4, -0.2) is 17.1 Å². The summed E-state index contributed by atoms with van der Waals surface area (Å²) in [4.78, 5) is 7.12. The lowest BCUT2D eigenvalue weighted by atomic mass is 9.84. The van der Waals surface area contributed by atoms with E-state index in [9.17, 15) is 5.11 Å². The van der Waals surface area contributed by atoms with Gasteiger partial charge in [-0.3, -0.25) is 4.98 Å². The minimum atomic E-state index is -1.13. The Morgan fingerprint density at radius 3 is 1.91 bits per heavy atom. The quantitative estimate of drug-likeness (QED) is 0.310. The van der Waals surface area contributed by atoms with Gasteiger partial charge in [-0.25, -0.2) is 5.11 Å². The standard InChI is InChI=1S/C31H41N2O/c1-8-31(34,21-25-15-10-9-11-16-25)22-33(30(6,7)28-19-12-13-20-32-28)29-26(23(2)3)17-14-18-27(29)24(4)5/h9-20,23-24H,8,21-22H2,1-7H3. The second kappa shape index (κ2) is 10.7. The number of pyridine rings is 1. The zero-order valence-corrected chi connectivity index (χ0v) is 22.0. The molecule has 0 aliphatic heterocycles. The van der Waals surface area contributed by atoms with Crippen molar-refractivity contribution in [2.45, 2.75) is 84.3 Å². The molecule has 0 aliphatic carbocycles. The third-order valence-corrected chi connectivity index (χ3v) is 7.04. The van der Waals surface area contributed by atoms with E-state index in [1.165, 1.54) is 16.8 Å². The molecule has 3 nitrogen and oxygen atoms in total. The van der Waals surface area contributed by atoms with Gasteiger partial charge in [-0.1, -0.05) is 89.2 Å². The van der Waals surface area contributed by atoms with Crippen LogP contribution in [0.15, 0.2) is 72.9 Å². The summed E-state index contributed by atoms with van der Waals surface area (Å²) in [7, 11) is 0. The first-order valence-electron chi connectivity index (χ1n) is 12.7. The lowest BCUT2D eigenvalue weighted by Gasteiger charge is -2.46. The second-order valence-corrected chi connectivity index (χ2v) is 10.7. The summed E-state index contributed by atoms with van der Waals surface area (Å²) in [5.41, 5.74) is 4.24. The van der Waals surface area contributed by atoms with E-state index in [1.807, 2.05) is 43.5 Å². The molecule has 0 amide bonds. The van der Waals surface area contributed by atoms with Gasteiger partial charge in [0.2, 0.25) is 0 Å². The third-order valence-electron chi connectivity index (χ3n) is 7.04. The molecule has 3 heteroatoms. The van der Waals surface area contributed by atoms with Crippen LogP contribution >= 0.6 is 0 Å². The van der Waals surface area contributed by atoms with E-state index in [4.69, 9.17) is 4.98 Å². The molecule has 1 unspecified atom stereocenters. The Bertz CT molecular complexity index is 1020. The SMILES string of the molecule is CCC([O])(Cc1ccccc1)CN(c1c(C(C)C)cccc1C(C)C)C(C)(C)c1ccccn1. The maximum atomic E-state index is 14.4. The maximum absolute atomic E-state index is 14.4. The Morgan fingerprint density at radius 1 is 0.824 bits per heavy atom. The average Bonchev–Trinajstić information content (AvgIpc) is 2.83. The Balaban J connectivity index is 2.20. The Morgan fingerprint density at radius 2 is 1.41 bits per heavy atom. The van der Waals surface area contributed by atoms with Gasteiger partial charge in [-0.05, 0) is 60.9 Å². The predicted octanol–water partition coefficient (Wildman–Crippen LogP) is 7.89. The molecule has 1 atom stereocenters. The Hall–Kier alpha value is -2.65. The molecule has 0 N–H and O–H groups in total. The lowest BCUT2D eigenvalue weighted by Crippen LogP contribution is -2.52. The van der Waals surface area contributed by atoms with E-state index >= 15 is 0 Å². The van der Waals surface area contributed by atoms with Gasteiger partial charge < -0.3 is 4.90 Å². The van der Waals surface area contributed by atoms with Gasteiger partial charge in [0.1, 0.15) is 5.60 Å². The molecule has 1 heterocycles. The minimum Gasteiger partial charge on any atom is -0.357 e. The van der Waals surface area contributed by atoms with Crippen LogP contribution in [0.5, 0.6) is 0 Å². The van der Waals surface area contributed by atoms with Crippen LogP contribution in [0.4, 0.5) is 5.69 Å². The summed E-state index contributed by atoms with van der Waals surface area (Å²) >= 11 is 0. The lowest BCUT2D eigenvalue weighted by molar-refractivity contribution is -0.0291. The molecule has 34 heavy (non-hydrogen) atoms. The molecule has 0 aliphatic rings. The average molecular weight is 458 g/mol. The second-order valence-electron chi connectivity index (χ2n) is 10.7. The Kier molecular flexibility index (Phi) is 8.20. The topological polar surface area (TPSA) is 36.0 Å². The fourth-order valence-electron chi connectivity index (χ4n) is 4.79. The van der Waals surface area contributed by atoms with Gasteiger partial charge in [-0.15, -0.1) is 0 Å². The van der Waals surface area contributed by atoms with Crippen molar-refractivity contribution in [2.24, 2.45) is 0 Å². The van der Waals surface area contributed by atoms with Gasteiger partial charge in [0.25, 0.3) is 0 Å². The van der Waals surface area contributed by atoms with Gasteiger partial charge >= 0.3 is 0 Å². The van der Waals surface area contributed by atoms with Crippen LogP contribution in [0, 0.1) is 0 Å². The normalized spacial score (nSPS) is 13.8. The number of hydrogen-bond donors (Lipinski definition) is 0. The van der Waals surface area contributed by atoms with Crippen molar-refractivity contribution in [1.82, 2.24) is 4.98 Å². The van der Waals surface area contributed by atoms with Crippen LogP contribution in [0.25, 0.3) is 0 Å². The molecule has 3 aromatic rings. The molecular formula is C31H41N2O. The molecular weight excluding hydrogens is 416 g/mol. The first-order valence-corrected chi connectivity index (χ1v) is 12.7. The molecule has 0 saturated heterocycles. The number of aromatic nitrogens is 1. The van der Waals surface area contributed by atoms with Gasteiger partial charge in [0.05, 0.1) is 17.8 Å². The van der Waals surface area contributed by atoms with Crippen LogP contribution in [0.3, 0.4) is 0 Å². The van der Waals surface area contributed by atoms with Crippen molar-refractivity contribution in [3.05, 3.63) is 95.3 Å². The highest BCUT2D eigenvalue weighted by Crippen LogP contribution is 2.42. The van der Waals surface area contributed by atoms with Crippen molar-refractivity contribution in [1.29, 1.82) is 0 Å². The maximum Gasteiger partial charge on any atom is 0.125 e. The van der Waals surface area contributed by atoms with Crippen LogP contribution in [-0.2, 0) is 17.1 Å². The summed E-state index contributed by atoms with van der Waals surface area (Å²) in [6.45, 7) is 15.8. The third kappa shape index (κ3) is 5.70. The summed E-state index contributed by atoms with van der Waals surface area (Å²) < 4.78 is 0. The number of benzene rings is 2. The fourth-order valence-corrected chi connectivity index (χ4v) is 4.79. The van der Waals surface area contributed by atoms with Crippen molar-refractivity contribution >= 4 is 5.69 Å². The highest BCUT2D eigenvalue weighted by molar-refractivity contribution is 5.64. The summed E-state index contributed by atoms with van der Waals surface area (Å²) in [6, 6.07) is 22.9. The number of anilines is 1. The fraction of sp³-hybridized carbons (Fsp3) is 0.452. The van der Waals surface area contributed by atoms with E-state index in [0.29, 0.717) is 31.2 Å². The summed E-state index contributed by atoms with van der Waals surface area (Å²) in [6.07, 6.45) is 2.90. The smallest absolute Gasteiger partial charge is 0.125 e. The van der Waals surface area contributed by atoms with Gasteiger partial charge in [0, 0.05) is 18.3 Å². The molecule has 0 fully saturated rings. The molecule has 0 saturated carbocycles. The van der Waals surface area contributed by atoms with Gasteiger partial charge in [-0.2, -0.15) is 0 Å². The van der Waals surface area contributed by atoms with Crippen LogP contribution in [0.1, 0.15) is 89.1 Å². The van der Waals surface area contributed by atoms with Crippen molar-refractivity contribution in [3.63, 3.8) is 0 Å². The largest absolute Gasteiger partial charge is 0.357 e. The number of para-hydroxylation sites is 1. The van der Waals surface area contributed by atoms with Crippen molar-refractivity contribution in [3.8, 4) is 0 Å². The van der Waals surface area contributed by atoms with E-state index in [2.05, 4.69) is 82.8 Å². The number of nitrogens with zero attached hydrogens (tertiary/aromatic N) is 2. The minimum absolute atomic E-state index is 0.340. The monoisotopic (exact) mass is 457 g/mol. The number of hydrogen-bond acceptors (Lipinski definition) is 2. The molecule has 2 aromatic carbocycles. The zero-order chi connectivity index (χ0) is 24.9. The molecule has 181 valence electrons. The van der Waals surface area contributed by atoms with Crippen LogP contribution in [0.2, 0.25) is 0 Å². The highest BCUT2D eigenvalue weighted by atomic mass is 16.3. The summed E-state index contributed by atoms with van der Waals surface area (Å²) in [5, 5.41) is 14.4. The van der Waals surface area contributed by atoms with Gasteiger partial charge in [0.15, 0.2) is 0 Å². The zero-order valence-electron chi connectivity index (χ0n) is 22.0. The van der Waals surface area contributed by atoms with E-state index in [0.717, 1.165) is 11.3 Å². The van der Waals surface area contributed by atoms with Crippen LogP contribution < -0.4 is 4.90 Å². The first-order chi connectivity index (χ1) is 16.1. The van der Waals surface area contributed by atoms with E-state index in [-0.39, 0.29) is 0 Å². The molecule has 1 aromatic heterocycles. The molecule has 0 bridgehead atoms. The van der Waals surface area contributed by atoms with Crippen molar-refractivity contribution < 1.29 is 5.11 Å². The predicted molar refractivity (Wildman–Crippen MR) is 143 cm³/mol. The molecule has 1 radical (unpaired) electrons.